The van der Waals surface area contributed by atoms with Gasteiger partial charge in [-0.15, -0.1) is 23.0 Å². The smallest absolute Gasteiger partial charge is 0.789 e. The van der Waals surface area contributed by atoms with Gasteiger partial charge in [-0.2, -0.15) is 13.5 Å². The van der Waals surface area contributed by atoms with E-state index in [1.165, 1.54) is 205 Å². The molecule has 0 saturated carbocycles. The molecule has 85 heavy (non-hydrogen) atoms. The van der Waals surface area contributed by atoms with E-state index < -0.39 is 0 Å². The van der Waals surface area contributed by atoms with Crippen molar-refractivity contribution in [2.75, 3.05) is 49.4 Å². The minimum Gasteiger partial charge on any atom is -0.789 e. The first-order valence-corrected chi connectivity index (χ1v) is 35.1. The number of ether oxygens (including phenoxy) is 4. The molecular formula is C70H134O8S5Sn2. The minimum absolute atomic E-state index is 0. The summed E-state index contributed by atoms with van der Waals surface area (Å²) in [7, 11) is 0. The SMILES string of the molecule is C.C.CCCCCCCCC/C=C/CCCC(=O)OCC[S-].CCCCCCCCC/C=C/CCCC(=O)OCC[S-].CCCCCCCCC/C=C/CCCC(=O)OCC[S-].CCCCCCCCC/C=C/CCCC(=O)OCC[S-].S.[Sn+2].[Sn+2]. The van der Waals surface area contributed by atoms with Crippen LogP contribution in [0.5, 0.6) is 0 Å². The molecule has 0 bridgehead atoms. The Balaban J connectivity index is -0.000000127. The van der Waals surface area contributed by atoms with Gasteiger partial charge in [0.1, 0.15) is 0 Å². The van der Waals surface area contributed by atoms with Crippen molar-refractivity contribution in [1.29, 1.82) is 0 Å². The molecule has 0 aromatic carbocycles. The van der Waals surface area contributed by atoms with Gasteiger partial charge in [0.05, 0.1) is 26.4 Å². The summed E-state index contributed by atoms with van der Waals surface area (Å²) in [5, 5.41) is 0. The topological polar surface area (TPSA) is 105 Å². The van der Waals surface area contributed by atoms with E-state index in [0.717, 1.165) is 51.4 Å². The maximum Gasteiger partial charge on any atom is 2.00 e. The molecule has 0 aromatic heterocycles. The van der Waals surface area contributed by atoms with Gasteiger partial charge < -0.3 is 69.5 Å². The zero-order valence-corrected chi connectivity index (χ0v) is 63.8. The molecule has 0 atom stereocenters. The molecule has 15 heteroatoms. The predicted octanol–water partition coefficient (Wildman–Crippen LogP) is 20.4. The Labute approximate surface area is 591 Å². The van der Waals surface area contributed by atoms with Crippen molar-refractivity contribution >= 4 is 136 Å². The fourth-order valence-electron chi connectivity index (χ4n) is 8.19. The van der Waals surface area contributed by atoms with Crippen molar-refractivity contribution in [3.63, 3.8) is 0 Å². The second kappa shape index (κ2) is 100. The molecule has 500 valence electrons. The molecule has 0 fully saturated rings. The molecule has 0 spiro atoms. The minimum atomic E-state index is -0.115. The first kappa shape index (κ1) is 104. The van der Waals surface area contributed by atoms with Crippen molar-refractivity contribution in [2.45, 2.75) is 325 Å². The molecule has 0 aliphatic rings. The van der Waals surface area contributed by atoms with Gasteiger partial charge in [-0.1, -0.05) is 245 Å². The van der Waals surface area contributed by atoms with E-state index in [2.05, 4.69) is 76.3 Å². The third kappa shape index (κ3) is 109. The third-order valence-electron chi connectivity index (χ3n) is 13.0. The summed E-state index contributed by atoms with van der Waals surface area (Å²) in [5.74, 6) is 1.50. The maximum absolute atomic E-state index is 11.2. The van der Waals surface area contributed by atoms with Crippen LogP contribution in [-0.4, -0.2) is 121 Å². The van der Waals surface area contributed by atoms with Crippen LogP contribution in [0.1, 0.15) is 325 Å². The van der Waals surface area contributed by atoms with E-state index in [9.17, 15) is 19.2 Å². The number of carbonyl (C=O) groups is 4. The number of hydrogen-bond donors (Lipinski definition) is 0. The van der Waals surface area contributed by atoms with Crippen LogP contribution >= 0.6 is 13.5 Å². The van der Waals surface area contributed by atoms with Gasteiger partial charge in [0.15, 0.2) is 0 Å². The van der Waals surface area contributed by atoms with Crippen molar-refractivity contribution in [3.05, 3.63) is 48.6 Å². The van der Waals surface area contributed by atoms with E-state index >= 15 is 0 Å². The van der Waals surface area contributed by atoms with Crippen molar-refractivity contribution in [2.24, 2.45) is 0 Å². The van der Waals surface area contributed by atoms with Gasteiger partial charge in [-0.05, 0) is 103 Å². The normalized spacial score (nSPS) is 10.4. The average molecular weight is 1500 g/mol. The van der Waals surface area contributed by atoms with Gasteiger partial charge in [0, 0.05) is 25.7 Å². The largest absolute Gasteiger partial charge is 2.00 e. The fourth-order valence-corrected chi connectivity index (χ4v) is 8.52. The number of esters is 4. The summed E-state index contributed by atoms with van der Waals surface area (Å²) in [6.45, 7) is 10.5. The molecule has 0 N–H and O–H groups in total. The number of unbranched alkanes of at least 4 members (excludes halogenated alkanes) is 32. The molecule has 0 saturated heterocycles. The van der Waals surface area contributed by atoms with Gasteiger partial charge in [0.25, 0.3) is 0 Å². The first-order chi connectivity index (χ1) is 39.2. The van der Waals surface area contributed by atoms with Crippen LogP contribution in [0.4, 0.5) is 0 Å². The number of allylic oxidation sites excluding steroid dienone is 8. The quantitative estimate of drug-likeness (QED) is 0.0145. The predicted molar refractivity (Wildman–Crippen MR) is 391 cm³/mol. The van der Waals surface area contributed by atoms with Gasteiger partial charge in [0.2, 0.25) is 0 Å². The van der Waals surface area contributed by atoms with Crippen LogP contribution in [0.3, 0.4) is 0 Å². The van der Waals surface area contributed by atoms with Crippen LogP contribution in [0.25, 0.3) is 0 Å². The number of carbonyl (C=O) groups excluding carboxylic acids is 4. The van der Waals surface area contributed by atoms with Gasteiger partial charge in [-0.25, -0.2) is 0 Å². The van der Waals surface area contributed by atoms with E-state index in [4.69, 9.17) is 69.5 Å². The average Bonchev–Trinajstić information content (AvgIpc) is 3.46. The van der Waals surface area contributed by atoms with Crippen LogP contribution in [0.15, 0.2) is 48.6 Å². The Kier molecular flexibility index (Phi) is 123. The summed E-state index contributed by atoms with van der Waals surface area (Å²) < 4.78 is 19.7. The van der Waals surface area contributed by atoms with Gasteiger partial charge in [-0.3, -0.25) is 19.2 Å². The zero-order chi connectivity index (χ0) is 59.6. The molecule has 4 radical (unpaired) electrons. The van der Waals surface area contributed by atoms with Crippen molar-refractivity contribution < 1.29 is 38.1 Å². The third-order valence-corrected chi connectivity index (χ3v) is 13.6. The standard InChI is InChI=1S/4C17H32O2S.2CH4.H2S.2Sn/c4*1-2-3-4-5-6-7-8-9-10-11-12-13-14-17(18)19-15-16-20;;;;;/h4*10-11,20H,2-9,12-16H2,1H3;2*1H4;1H2;;/q;;;;;;;2*+2/p-4/b4*11-10+;;;;;. The first-order valence-electron chi connectivity index (χ1n) is 32.8. The van der Waals surface area contributed by atoms with Crippen molar-refractivity contribution in [1.82, 2.24) is 0 Å². The Hall–Kier alpha value is 0.187. The summed E-state index contributed by atoms with van der Waals surface area (Å²) >= 11 is 18.9. The second-order valence-electron chi connectivity index (χ2n) is 20.8. The Morgan fingerprint density at radius 3 is 0.553 bits per heavy atom. The van der Waals surface area contributed by atoms with E-state index in [1.807, 2.05) is 0 Å². The Morgan fingerprint density at radius 1 is 0.259 bits per heavy atom. The van der Waals surface area contributed by atoms with E-state index in [1.54, 1.807) is 0 Å². The number of hydrogen-bond acceptors (Lipinski definition) is 12. The van der Waals surface area contributed by atoms with Crippen LogP contribution in [0, 0.1) is 0 Å². The molecule has 0 rings (SSSR count). The summed E-state index contributed by atoms with van der Waals surface area (Å²) in [6, 6.07) is 0. The van der Waals surface area contributed by atoms with Crippen LogP contribution < -0.4 is 0 Å². The Morgan fingerprint density at radius 2 is 0.400 bits per heavy atom. The van der Waals surface area contributed by atoms with E-state index in [0.29, 0.717) is 75.1 Å². The summed E-state index contributed by atoms with van der Waals surface area (Å²) in [6.07, 6.45) is 70.0. The molecule has 0 heterocycles. The molecule has 0 aromatic rings. The molecule has 0 amide bonds. The van der Waals surface area contributed by atoms with Crippen LogP contribution in [0.2, 0.25) is 0 Å². The summed E-state index contributed by atoms with van der Waals surface area (Å²) in [5.41, 5.74) is 0. The molecule has 8 nitrogen and oxygen atoms in total. The van der Waals surface area contributed by atoms with Crippen LogP contribution in [-0.2, 0) is 88.6 Å². The monoisotopic (exact) mass is 1500 g/mol. The number of rotatable bonds is 56. The summed E-state index contributed by atoms with van der Waals surface area (Å²) in [4.78, 5) is 44.8. The molecule has 0 aliphatic carbocycles. The van der Waals surface area contributed by atoms with Crippen molar-refractivity contribution in [3.8, 4) is 0 Å². The van der Waals surface area contributed by atoms with E-state index in [-0.39, 0.29) is 100 Å². The van der Waals surface area contributed by atoms with Gasteiger partial charge >= 0.3 is 71.7 Å². The molecule has 0 unspecified atom stereocenters. The second-order valence-corrected chi connectivity index (χ2v) is 22.4. The Bertz CT molecular complexity index is 1170. The fraction of sp³-hybridized carbons (Fsp3) is 0.829. The maximum atomic E-state index is 11.2. The zero-order valence-electron chi connectivity index (χ0n) is 53.8. The molecular weight excluding hydrogens is 1370 g/mol. The molecule has 0 aliphatic heterocycles.